The number of benzene rings is 10. The molecule has 0 saturated carbocycles. The second-order valence-electron chi connectivity index (χ2n) is 17.1. The van der Waals surface area contributed by atoms with Crippen LogP contribution in [0.25, 0.3) is 105 Å². The van der Waals surface area contributed by atoms with Gasteiger partial charge in [-0.2, -0.15) is 0 Å². The molecular weight excluding hydrogens is 779 g/mol. The van der Waals surface area contributed by atoms with Crippen LogP contribution >= 0.6 is 0 Å². The molecule has 14 rings (SSSR count). The molecule has 3 nitrogen and oxygen atoms in total. The highest BCUT2D eigenvalue weighted by molar-refractivity contribution is 6.17. The molecule has 0 spiro atoms. The summed E-state index contributed by atoms with van der Waals surface area (Å²) >= 11 is 0. The van der Waals surface area contributed by atoms with Gasteiger partial charge in [-0.1, -0.05) is 170 Å². The molecule has 0 aliphatic heterocycles. The Hall–Kier alpha value is -8.40. The van der Waals surface area contributed by atoms with Crippen LogP contribution in [-0.2, 0) is 5.41 Å². The molecule has 298 valence electrons. The van der Waals surface area contributed by atoms with Gasteiger partial charge in [-0.15, -0.1) is 0 Å². The lowest BCUT2D eigenvalue weighted by Gasteiger charge is -2.34. The zero-order valence-electron chi connectivity index (χ0n) is 34.6. The zero-order valence-corrected chi connectivity index (χ0v) is 34.6. The van der Waals surface area contributed by atoms with E-state index in [0.717, 1.165) is 77.3 Å². The summed E-state index contributed by atoms with van der Waals surface area (Å²) in [6.07, 6.45) is 0. The Morgan fingerprint density at radius 1 is 0.328 bits per heavy atom. The molecule has 0 unspecified atom stereocenters. The van der Waals surface area contributed by atoms with Gasteiger partial charge in [0.15, 0.2) is 0 Å². The van der Waals surface area contributed by atoms with Gasteiger partial charge in [-0.25, -0.2) is 0 Å². The fraction of sp³-hybridized carbons (Fsp3) is 0.0164. The molecule has 64 heavy (non-hydrogen) atoms. The molecule has 0 atom stereocenters. The van der Waals surface area contributed by atoms with Gasteiger partial charge in [0.1, 0.15) is 22.3 Å². The average Bonchev–Trinajstić information content (AvgIpc) is 4.11. The third-order valence-corrected chi connectivity index (χ3v) is 13.9. The molecule has 0 N–H and O–H groups in total. The molecule has 3 aromatic heterocycles. The standard InChI is InChI=1S/C61H37NO2/c1-3-16-40(17-4-1)61(41-18-5-2-6-19-41)51-25-11-7-22-46(51)59-45(24-15-26-52(59)61)50-36-42(37-58-60(50)47-23-10-14-29-56(47)64-58)62-53-27-12-8-20-43(53)48-34-38(30-32-54(48)62)39-31-33-57-49(35-39)44-21-9-13-28-55(44)63-57/h1-37H. The number of hydrogen-bond acceptors (Lipinski definition) is 2. The monoisotopic (exact) mass is 815 g/mol. The Morgan fingerprint density at radius 2 is 0.891 bits per heavy atom. The third-order valence-electron chi connectivity index (χ3n) is 13.9. The minimum atomic E-state index is -0.514. The predicted molar refractivity (Wildman–Crippen MR) is 264 cm³/mol. The van der Waals surface area contributed by atoms with Crippen LogP contribution in [0.2, 0.25) is 0 Å². The quantitative estimate of drug-likeness (QED) is 0.173. The molecule has 10 aromatic carbocycles. The highest BCUT2D eigenvalue weighted by atomic mass is 16.3. The Morgan fingerprint density at radius 3 is 1.69 bits per heavy atom. The van der Waals surface area contributed by atoms with Crippen LogP contribution < -0.4 is 0 Å². The predicted octanol–water partition coefficient (Wildman–Crippen LogP) is 16.3. The van der Waals surface area contributed by atoms with Crippen molar-refractivity contribution in [3.05, 3.63) is 247 Å². The lowest BCUT2D eigenvalue weighted by molar-refractivity contribution is 0.668. The number of furan rings is 2. The van der Waals surface area contributed by atoms with Crippen molar-refractivity contribution < 1.29 is 8.83 Å². The molecule has 1 aliphatic carbocycles. The van der Waals surface area contributed by atoms with Gasteiger partial charge >= 0.3 is 0 Å². The van der Waals surface area contributed by atoms with Crippen molar-refractivity contribution in [3.63, 3.8) is 0 Å². The SMILES string of the molecule is c1ccc(C2(c3ccccc3)c3ccccc3-c3c(-c4cc(-n5c6ccccc6c6cc(-c7ccc8oc9ccccc9c8c7)ccc65)cc5oc6ccccc6c45)cccc32)cc1. The molecule has 3 heteroatoms. The second kappa shape index (κ2) is 13.3. The molecule has 0 saturated heterocycles. The van der Waals surface area contributed by atoms with E-state index in [-0.39, 0.29) is 0 Å². The number of nitrogens with zero attached hydrogens (tertiary/aromatic N) is 1. The Balaban J connectivity index is 1.04. The number of para-hydroxylation sites is 3. The van der Waals surface area contributed by atoms with Crippen molar-refractivity contribution >= 4 is 65.7 Å². The van der Waals surface area contributed by atoms with Crippen molar-refractivity contribution in [1.82, 2.24) is 4.57 Å². The maximum atomic E-state index is 6.86. The molecule has 0 bridgehead atoms. The Bertz CT molecular complexity index is 3980. The lowest BCUT2D eigenvalue weighted by Crippen LogP contribution is -2.28. The van der Waals surface area contributed by atoms with Crippen LogP contribution in [0.3, 0.4) is 0 Å². The van der Waals surface area contributed by atoms with Crippen molar-refractivity contribution in [2.75, 3.05) is 0 Å². The summed E-state index contributed by atoms with van der Waals surface area (Å²) in [6, 6.07) is 81.7. The highest BCUT2D eigenvalue weighted by Crippen LogP contribution is 2.59. The van der Waals surface area contributed by atoms with E-state index in [1.807, 2.05) is 12.1 Å². The summed E-state index contributed by atoms with van der Waals surface area (Å²) < 4.78 is 15.5. The van der Waals surface area contributed by atoms with E-state index in [1.165, 1.54) is 49.7 Å². The summed E-state index contributed by atoms with van der Waals surface area (Å²) in [5, 5.41) is 6.88. The maximum absolute atomic E-state index is 6.86. The number of fused-ring (bicyclic) bond motifs is 12. The van der Waals surface area contributed by atoms with Gasteiger partial charge in [0, 0.05) is 38.4 Å². The molecule has 0 radical (unpaired) electrons. The van der Waals surface area contributed by atoms with Gasteiger partial charge in [-0.05, 0) is 104 Å². The first-order valence-corrected chi connectivity index (χ1v) is 22.0. The van der Waals surface area contributed by atoms with Crippen LogP contribution in [0.1, 0.15) is 22.3 Å². The molecule has 1 aliphatic rings. The number of rotatable bonds is 5. The largest absolute Gasteiger partial charge is 0.456 e. The van der Waals surface area contributed by atoms with Crippen LogP contribution in [0.5, 0.6) is 0 Å². The maximum Gasteiger partial charge on any atom is 0.138 e. The number of aromatic nitrogens is 1. The van der Waals surface area contributed by atoms with E-state index in [4.69, 9.17) is 8.83 Å². The molecular formula is C61H37NO2. The van der Waals surface area contributed by atoms with Gasteiger partial charge in [0.05, 0.1) is 22.1 Å². The van der Waals surface area contributed by atoms with Crippen molar-refractivity contribution in [2.45, 2.75) is 5.41 Å². The fourth-order valence-corrected chi connectivity index (χ4v) is 11.2. The van der Waals surface area contributed by atoms with Crippen molar-refractivity contribution in [2.24, 2.45) is 0 Å². The van der Waals surface area contributed by atoms with Crippen molar-refractivity contribution in [3.8, 4) is 39.1 Å². The summed E-state index contributed by atoms with van der Waals surface area (Å²) in [5.41, 5.74) is 18.6. The van der Waals surface area contributed by atoms with Crippen molar-refractivity contribution in [1.29, 1.82) is 0 Å². The van der Waals surface area contributed by atoms with E-state index in [1.54, 1.807) is 0 Å². The normalized spacial score (nSPS) is 13.1. The third kappa shape index (κ3) is 4.81. The van der Waals surface area contributed by atoms with Gasteiger partial charge in [-0.3, -0.25) is 0 Å². The van der Waals surface area contributed by atoms with E-state index >= 15 is 0 Å². The minimum absolute atomic E-state index is 0.514. The second-order valence-corrected chi connectivity index (χ2v) is 17.1. The topological polar surface area (TPSA) is 31.2 Å². The first-order chi connectivity index (χ1) is 31.7. The molecule has 3 heterocycles. The smallest absolute Gasteiger partial charge is 0.138 e. The first kappa shape index (κ1) is 35.2. The van der Waals surface area contributed by atoms with E-state index < -0.39 is 5.41 Å². The zero-order chi connectivity index (χ0) is 41.9. The Labute approximate surface area is 368 Å². The van der Waals surface area contributed by atoms with Crippen LogP contribution in [0, 0.1) is 0 Å². The van der Waals surface area contributed by atoms with Crippen LogP contribution in [-0.4, -0.2) is 4.57 Å². The van der Waals surface area contributed by atoms with E-state index in [0.29, 0.717) is 0 Å². The van der Waals surface area contributed by atoms with Crippen LogP contribution in [0.4, 0.5) is 0 Å². The first-order valence-electron chi connectivity index (χ1n) is 22.0. The Kier molecular flexibility index (Phi) is 7.32. The fourth-order valence-electron chi connectivity index (χ4n) is 11.2. The minimum Gasteiger partial charge on any atom is -0.456 e. The van der Waals surface area contributed by atoms with Gasteiger partial charge in [0.2, 0.25) is 0 Å². The molecule has 0 fully saturated rings. The average molecular weight is 816 g/mol. The van der Waals surface area contributed by atoms with Gasteiger partial charge < -0.3 is 13.4 Å². The van der Waals surface area contributed by atoms with E-state index in [9.17, 15) is 0 Å². The summed E-state index contributed by atoms with van der Waals surface area (Å²) in [4.78, 5) is 0. The molecule has 0 amide bonds. The molecule has 13 aromatic rings. The summed E-state index contributed by atoms with van der Waals surface area (Å²) in [5.74, 6) is 0. The highest BCUT2D eigenvalue weighted by Gasteiger charge is 2.47. The van der Waals surface area contributed by atoms with Gasteiger partial charge in [0.25, 0.3) is 0 Å². The van der Waals surface area contributed by atoms with E-state index in [2.05, 4.69) is 217 Å². The summed E-state index contributed by atoms with van der Waals surface area (Å²) in [6.45, 7) is 0. The summed E-state index contributed by atoms with van der Waals surface area (Å²) in [7, 11) is 0. The lowest BCUT2D eigenvalue weighted by atomic mass is 9.67. The number of hydrogen-bond donors (Lipinski definition) is 0. The van der Waals surface area contributed by atoms with Crippen LogP contribution in [0.15, 0.2) is 233 Å².